The third-order valence-electron chi connectivity index (χ3n) is 2.47. The van der Waals surface area contributed by atoms with Crippen molar-refractivity contribution < 1.29 is 4.84 Å². The maximum Gasteiger partial charge on any atom is 0.0936 e. The third kappa shape index (κ3) is 2.79. The molecule has 2 rings (SSSR count). The van der Waals surface area contributed by atoms with Gasteiger partial charge in [0, 0.05) is 15.6 Å². The molecule has 88 valence electrons. The molecule has 0 aliphatic heterocycles. The number of rotatable bonds is 3. The van der Waals surface area contributed by atoms with Gasteiger partial charge >= 0.3 is 0 Å². The highest BCUT2D eigenvalue weighted by molar-refractivity contribution is 6.33. The van der Waals surface area contributed by atoms with E-state index in [1.54, 1.807) is 0 Å². The van der Waals surface area contributed by atoms with Gasteiger partial charge in [-0.05, 0) is 29.3 Å². The van der Waals surface area contributed by atoms with Crippen LogP contribution in [0.5, 0.6) is 0 Å². The van der Waals surface area contributed by atoms with Crippen LogP contribution in [0.4, 0.5) is 0 Å². The quantitative estimate of drug-likeness (QED) is 0.852. The van der Waals surface area contributed by atoms with Crippen molar-refractivity contribution in [1.82, 2.24) is 0 Å². The van der Waals surface area contributed by atoms with Crippen molar-refractivity contribution in [2.24, 2.45) is 5.90 Å². The van der Waals surface area contributed by atoms with Gasteiger partial charge in [0.2, 0.25) is 0 Å². The van der Waals surface area contributed by atoms with Crippen LogP contribution in [-0.4, -0.2) is 0 Å². The molecule has 0 saturated carbocycles. The summed E-state index contributed by atoms with van der Waals surface area (Å²) in [6.07, 6.45) is 0. The minimum atomic E-state index is 0.293. The molecule has 0 aromatic heterocycles. The van der Waals surface area contributed by atoms with Gasteiger partial charge in [0.1, 0.15) is 0 Å². The summed E-state index contributed by atoms with van der Waals surface area (Å²) in [7, 11) is 0. The third-order valence-corrected chi connectivity index (χ3v) is 3.03. The van der Waals surface area contributed by atoms with Gasteiger partial charge < -0.3 is 0 Å². The van der Waals surface area contributed by atoms with Crippen molar-refractivity contribution in [2.75, 3.05) is 0 Å². The standard InChI is InChI=1S/C13H11Cl2NO/c14-10-5-6-11(9(7-10)8-17-16)12-3-1-2-4-13(12)15/h1-7H,8,16H2. The number of benzene rings is 2. The lowest BCUT2D eigenvalue weighted by Gasteiger charge is -2.10. The molecule has 0 fully saturated rings. The molecule has 0 amide bonds. The fraction of sp³-hybridized carbons (Fsp3) is 0.0769. The first-order chi connectivity index (χ1) is 8.22. The van der Waals surface area contributed by atoms with Gasteiger partial charge in [0.05, 0.1) is 6.61 Å². The molecule has 0 heterocycles. The molecule has 2 N–H and O–H groups in total. The number of hydrogen-bond acceptors (Lipinski definition) is 2. The molecule has 0 aliphatic carbocycles. The predicted octanol–water partition coefficient (Wildman–Crippen LogP) is 4.05. The fourth-order valence-electron chi connectivity index (χ4n) is 1.71. The maximum atomic E-state index is 6.17. The van der Waals surface area contributed by atoms with Crippen molar-refractivity contribution in [3.63, 3.8) is 0 Å². The van der Waals surface area contributed by atoms with Crippen LogP contribution in [0.1, 0.15) is 5.56 Å². The molecular formula is C13H11Cl2NO. The molecule has 0 spiro atoms. The Balaban J connectivity index is 2.55. The molecular weight excluding hydrogens is 257 g/mol. The Kier molecular flexibility index (Phi) is 4.02. The first kappa shape index (κ1) is 12.4. The Bertz CT molecular complexity index is 529. The minimum absolute atomic E-state index is 0.293. The lowest BCUT2D eigenvalue weighted by molar-refractivity contribution is 0.124. The van der Waals surface area contributed by atoms with Crippen LogP contribution in [0, 0.1) is 0 Å². The van der Waals surface area contributed by atoms with E-state index in [-0.39, 0.29) is 0 Å². The second-order valence-electron chi connectivity index (χ2n) is 3.59. The van der Waals surface area contributed by atoms with E-state index in [0.29, 0.717) is 16.7 Å². The second-order valence-corrected chi connectivity index (χ2v) is 4.44. The Morgan fingerprint density at radius 2 is 1.76 bits per heavy atom. The zero-order valence-corrected chi connectivity index (χ0v) is 10.5. The highest BCUT2D eigenvalue weighted by atomic mass is 35.5. The highest BCUT2D eigenvalue weighted by Crippen LogP contribution is 2.32. The van der Waals surface area contributed by atoms with Crippen LogP contribution in [0.3, 0.4) is 0 Å². The Hall–Kier alpha value is -1.06. The van der Waals surface area contributed by atoms with Gasteiger partial charge in [-0.25, -0.2) is 5.90 Å². The van der Waals surface area contributed by atoms with E-state index in [0.717, 1.165) is 16.7 Å². The topological polar surface area (TPSA) is 35.2 Å². The lowest BCUT2D eigenvalue weighted by atomic mass is 10.0. The molecule has 0 atom stereocenters. The zero-order valence-electron chi connectivity index (χ0n) is 8.99. The average molecular weight is 268 g/mol. The van der Waals surface area contributed by atoms with Crippen LogP contribution in [-0.2, 0) is 11.4 Å². The first-order valence-corrected chi connectivity index (χ1v) is 5.83. The smallest absolute Gasteiger partial charge is 0.0936 e. The summed E-state index contributed by atoms with van der Waals surface area (Å²) in [5, 5.41) is 1.33. The van der Waals surface area contributed by atoms with Gasteiger partial charge in [0.15, 0.2) is 0 Å². The predicted molar refractivity (Wildman–Crippen MR) is 70.9 cm³/mol. The fourth-order valence-corrected chi connectivity index (χ4v) is 2.15. The van der Waals surface area contributed by atoms with Gasteiger partial charge in [-0.2, -0.15) is 0 Å². The first-order valence-electron chi connectivity index (χ1n) is 5.07. The van der Waals surface area contributed by atoms with E-state index in [1.165, 1.54) is 0 Å². The summed E-state index contributed by atoms with van der Waals surface area (Å²) in [4.78, 5) is 4.68. The largest absolute Gasteiger partial charge is 0.300 e. The molecule has 4 heteroatoms. The lowest BCUT2D eigenvalue weighted by Crippen LogP contribution is -2.00. The summed E-state index contributed by atoms with van der Waals surface area (Å²) in [5.74, 6) is 5.12. The van der Waals surface area contributed by atoms with Gasteiger partial charge in [-0.15, -0.1) is 0 Å². The molecule has 0 aliphatic rings. The van der Waals surface area contributed by atoms with Crippen LogP contribution in [0.25, 0.3) is 11.1 Å². The van der Waals surface area contributed by atoms with Gasteiger partial charge in [0.25, 0.3) is 0 Å². The van der Waals surface area contributed by atoms with Crippen LogP contribution >= 0.6 is 23.2 Å². The van der Waals surface area contributed by atoms with Gasteiger partial charge in [-0.1, -0.05) is 47.5 Å². The average Bonchev–Trinajstić information content (AvgIpc) is 2.31. The Morgan fingerprint density at radius 3 is 2.47 bits per heavy atom. The van der Waals surface area contributed by atoms with E-state index in [1.807, 2.05) is 42.5 Å². The summed E-state index contributed by atoms with van der Waals surface area (Å²) >= 11 is 12.1. The van der Waals surface area contributed by atoms with Crippen LogP contribution in [0.15, 0.2) is 42.5 Å². The maximum absolute atomic E-state index is 6.17. The number of hydrogen-bond donors (Lipinski definition) is 1. The van der Waals surface area contributed by atoms with Crippen LogP contribution < -0.4 is 5.90 Å². The highest BCUT2D eigenvalue weighted by Gasteiger charge is 2.08. The molecule has 0 unspecified atom stereocenters. The molecule has 0 saturated heterocycles. The molecule has 0 bridgehead atoms. The Labute approximate surface area is 110 Å². The van der Waals surface area contributed by atoms with Crippen molar-refractivity contribution in [1.29, 1.82) is 0 Å². The van der Waals surface area contributed by atoms with Gasteiger partial charge in [-0.3, -0.25) is 4.84 Å². The SMILES string of the molecule is NOCc1cc(Cl)ccc1-c1ccccc1Cl. The van der Waals surface area contributed by atoms with Crippen LogP contribution in [0.2, 0.25) is 10.0 Å². The number of nitrogens with two attached hydrogens (primary N) is 1. The second kappa shape index (κ2) is 5.52. The molecule has 2 nitrogen and oxygen atoms in total. The normalized spacial score (nSPS) is 10.5. The molecule has 0 radical (unpaired) electrons. The van der Waals surface area contributed by atoms with E-state index < -0.39 is 0 Å². The molecule has 17 heavy (non-hydrogen) atoms. The Morgan fingerprint density at radius 1 is 1.00 bits per heavy atom. The molecule has 2 aromatic carbocycles. The summed E-state index contributed by atoms with van der Waals surface area (Å²) in [5.41, 5.74) is 2.83. The van der Waals surface area contributed by atoms with E-state index in [2.05, 4.69) is 4.84 Å². The summed E-state index contributed by atoms with van der Waals surface area (Å²) in [6, 6.07) is 13.2. The van der Waals surface area contributed by atoms with Crippen molar-refractivity contribution >= 4 is 23.2 Å². The van der Waals surface area contributed by atoms with E-state index in [9.17, 15) is 0 Å². The zero-order chi connectivity index (χ0) is 12.3. The van der Waals surface area contributed by atoms with E-state index in [4.69, 9.17) is 29.1 Å². The van der Waals surface area contributed by atoms with Crippen molar-refractivity contribution in [3.05, 3.63) is 58.1 Å². The van der Waals surface area contributed by atoms with E-state index >= 15 is 0 Å². The molecule has 2 aromatic rings. The summed E-state index contributed by atoms with van der Waals surface area (Å²) < 4.78 is 0. The van der Waals surface area contributed by atoms with Crippen molar-refractivity contribution in [2.45, 2.75) is 6.61 Å². The summed E-state index contributed by atoms with van der Waals surface area (Å²) in [6.45, 7) is 0.293. The number of halogens is 2. The monoisotopic (exact) mass is 267 g/mol. The minimum Gasteiger partial charge on any atom is -0.300 e. The van der Waals surface area contributed by atoms with Crippen molar-refractivity contribution in [3.8, 4) is 11.1 Å².